The number of amides is 1. The number of aromatic nitrogens is 1. The van der Waals surface area contributed by atoms with E-state index in [0.29, 0.717) is 22.0 Å². The number of benzene rings is 2. The Kier molecular flexibility index (Phi) is 5.96. The molecule has 1 heterocycles. The standard InChI is InChI=1S/C22H18ClF3N2O3/c1-21(2,20(30)31)28-19(29)17-10-18(23)15-6-4-3-5-14(15)16(17)9-13-8-7-12(11-27-13)22(24,25)26/h3-8,10-11H,9H2,1-2H3,(H,28,29)(H,30,31). The summed E-state index contributed by atoms with van der Waals surface area (Å²) < 4.78 is 38.5. The van der Waals surface area contributed by atoms with Crippen LogP contribution >= 0.6 is 11.6 Å². The minimum atomic E-state index is -4.51. The summed E-state index contributed by atoms with van der Waals surface area (Å²) in [5.41, 5.74) is -1.50. The molecule has 0 saturated heterocycles. The van der Waals surface area contributed by atoms with Crippen LogP contribution in [0.25, 0.3) is 10.8 Å². The Morgan fingerprint density at radius 2 is 1.74 bits per heavy atom. The molecule has 0 aliphatic carbocycles. The summed E-state index contributed by atoms with van der Waals surface area (Å²) in [5, 5.41) is 13.3. The van der Waals surface area contributed by atoms with Gasteiger partial charge in [0.25, 0.3) is 5.91 Å². The molecule has 162 valence electrons. The number of alkyl halides is 3. The maximum atomic E-state index is 13.0. The Morgan fingerprint density at radius 1 is 1.10 bits per heavy atom. The van der Waals surface area contributed by atoms with E-state index in [-0.39, 0.29) is 17.0 Å². The number of carbonyl (C=O) groups excluding carboxylic acids is 1. The van der Waals surface area contributed by atoms with Gasteiger partial charge in [0.05, 0.1) is 5.56 Å². The summed E-state index contributed by atoms with van der Waals surface area (Å²) in [7, 11) is 0. The number of carbonyl (C=O) groups is 2. The van der Waals surface area contributed by atoms with E-state index >= 15 is 0 Å². The van der Waals surface area contributed by atoms with Gasteiger partial charge in [-0.05, 0) is 43.0 Å². The van der Waals surface area contributed by atoms with E-state index in [1.807, 2.05) is 0 Å². The lowest BCUT2D eigenvalue weighted by Gasteiger charge is -2.22. The Hall–Kier alpha value is -3.13. The van der Waals surface area contributed by atoms with E-state index in [2.05, 4.69) is 10.3 Å². The predicted octanol–water partition coefficient (Wildman–Crippen LogP) is 5.09. The molecule has 3 aromatic rings. The van der Waals surface area contributed by atoms with E-state index in [1.54, 1.807) is 24.3 Å². The quantitative estimate of drug-likeness (QED) is 0.567. The van der Waals surface area contributed by atoms with Crippen molar-refractivity contribution in [1.82, 2.24) is 10.3 Å². The smallest absolute Gasteiger partial charge is 0.417 e. The zero-order valence-electron chi connectivity index (χ0n) is 16.5. The number of hydrogen-bond acceptors (Lipinski definition) is 3. The van der Waals surface area contributed by atoms with Crippen molar-refractivity contribution in [2.75, 3.05) is 0 Å². The number of halogens is 4. The molecular formula is C22H18ClF3N2O3. The molecule has 0 radical (unpaired) electrons. The van der Waals surface area contributed by atoms with E-state index in [4.69, 9.17) is 11.6 Å². The number of carboxylic acid groups (broad SMARTS) is 1. The van der Waals surface area contributed by atoms with Crippen molar-refractivity contribution < 1.29 is 27.9 Å². The van der Waals surface area contributed by atoms with Crippen LogP contribution in [-0.4, -0.2) is 27.5 Å². The molecule has 0 unspecified atom stereocenters. The lowest BCUT2D eigenvalue weighted by molar-refractivity contribution is -0.143. The van der Waals surface area contributed by atoms with Crippen LogP contribution in [0.15, 0.2) is 48.7 Å². The van der Waals surface area contributed by atoms with Gasteiger partial charge in [-0.1, -0.05) is 35.9 Å². The molecular weight excluding hydrogens is 433 g/mol. The second-order valence-corrected chi connectivity index (χ2v) is 7.93. The molecule has 9 heteroatoms. The average molecular weight is 451 g/mol. The Morgan fingerprint density at radius 3 is 2.29 bits per heavy atom. The first-order chi connectivity index (χ1) is 14.4. The number of pyridine rings is 1. The fraction of sp³-hybridized carbons (Fsp3) is 0.227. The Bertz CT molecular complexity index is 1160. The fourth-order valence-electron chi connectivity index (χ4n) is 3.07. The van der Waals surface area contributed by atoms with Gasteiger partial charge < -0.3 is 10.4 Å². The topological polar surface area (TPSA) is 79.3 Å². The van der Waals surface area contributed by atoms with Crippen LogP contribution in [0.1, 0.15) is 41.0 Å². The Labute approximate surface area is 180 Å². The zero-order chi connectivity index (χ0) is 23.0. The molecule has 0 aliphatic rings. The Balaban J connectivity index is 2.10. The van der Waals surface area contributed by atoms with Crippen molar-refractivity contribution >= 4 is 34.2 Å². The van der Waals surface area contributed by atoms with Crippen molar-refractivity contribution in [2.24, 2.45) is 0 Å². The first kappa shape index (κ1) is 22.6. The highest BCUT2D eigenvalue weighted by atomic mass is 35.5. The second kappa shape index (κ2) is 8.19. The van der Waals surface area contributed by atoms with Gasteiger partial charge in [0, 0.05) is 34.3 Å². The maximum Gasteiger partial charge on any atom is 0.417 e. The molecule has 1 amide bonds. The number of fused-ring (bicyclic) bond motifs is 1. The van der Waals surface area contributed by atoms with Crippen LogP contribution in [0, 0.1) is 0 Å². The van der Waals surface area contributed by atoms with Crippen LogP contribution in [0.4, 0.5) is 13.2 Å². The summed E-state index contributed by atoms with van der Waals surface area (Å²) >= 11 is 6.35. The lowest BCUT2D eigenvalue weighted by Crippen LogP contribution is -2.49. The molecule has 0 aliphatic heterocycles. The third kappa shape index (κ3) is 4.80. The molecule has 1 aromatic heterocycles. The summed E-state index contributed by atoms with van der Waals surface area (Å²) in [6, 6.07) is 10.6. The molecule has 0 spiro atoms. The van der Waals surface area contributed by atoms with Gasteiger partial charge in [0.1, 0.15) is 5.54 Å². The van der Waals surface area contributed by atoms with E-state index < -0.39 is 29.2 Å². The van der Waals surface area contributed by atoms with Gasteiger partial charge in [0.2, 0.25) is 0 Å². The molecule has 31 heavy (non-hydrogen) atoms. The third-order valence-corrected chi connectivity index (χ3v) is 5.13. The van der Waals surface area contributed by atoms with E-state index in [9.17, 15) is 27.9 Å². The average Bonchev–Trinajstić information content (AvgIpc) is 2.69. The van der Waals surface area contributed by atoms with Crippen molar-refractivity contribution in [2.45, 2.75) is 32.0 Å². The van der Waals surface area contributed by atoms with Crippen LogP contribution in [0.2, 0.25) is 5.02 Å². The highest BCUT2D eigenvalue weighted by molar-refractivity contribution is 6.36. The molecule has 0 bridgehead atoms. The molecule has 0 saturated carbocycles. The second-order valence-electron chi connectivity index (χ2n) is 7.53. The number of nitrogens with one attached hydrogen (secondary N) is 1. The number of nitrogens with zero attached hydrogens (tertiary/aromatic N) is 1. The fourth-order valence-corrected chi connectivity index (χ4v) is 3.34. The molecule has 5 nitrogen and oxygen atoms in total. The van der Waals surface area contributed by atoms with Gasteiger partial charge in [-0.25, -0.2) is 4.79 Å². The molecule has 0 atom stereocenters. The van der Waals surface area contributed by atoms with E-state index in [0.717, 1.165) is 12.3 Å². The van der Waals surface area contributed by atoms with E-state index in [1.165, 1.54) is 26.0 Å². The SMILES string of the molecule is CC(C)(NC(=O)c1cc(Cl)c2ccccc2c1Cc1ccc(C(F)(F)F)cn1)C(=O)O. The number of aliphatic carboxylic acids is 1. The largest absolute Gasteiger partial charge is 0.480 e. The van der Waals surface area contributed by atoms with Gasteiger partial charge in [0.15, 0.2) is 0 Å². The monoisotopic (exact) mass is 450 g/mol. The lowest BCUT2D eigenvalue weighted by atomic mass is 9.93. The van der Waals surface area contributed by atoms with Gasteiger partial charge in [-0.15, -0.1) is 0 Å². The van der Waals surface area contributed by atoms with Gasteiger partial charge >= 0.3 is 12.1 Å². The number of rotatable bonds is 5. The summed E-state index contributed by atoms with van der Waals surface area (Å²) in [6.07, 6.45) is -3.72. The third-order valence-electron chi connectivity index (χ3n) is 4.82. The summed E-state index contributed by atoms with van der Waals surface area (Å²) in [4.78, 5) is 28.3. The molecule has 2 N–H and O–H groups in total. The highest BCUT2D eigenvalue weighted by Gasteiger charge is 2.32. The minimum absolute atomic E-state index is 0.0477. The highest BCUT2D eigenvalue weighted by Crippen LogP contribution is 2.32. The first-order valence-electron chi connectivity index (χ1n) is 9.18. The van der Waals surface area contributed by atoms with Gasteiger partial charge in [-0.3, -0.25) is 9.78 Å². The van der Waals surface area contributed by atoms with Crippen LogP contribution in [-0.2, 0) is 17.4 Å². The first-order valence-corrected chi connectivity index (χ1v) is 9.56. The van der Waals surface area contributed by atoms with Crippen LogP contribution in [0.3, 0.4) is 0 Å². The van der Waals surface area contributed by atoms with Crippen LogP contribution < -0.4 is 5.32 Å². The zero-order valence-corrected chi connectivity index (χ0v) is 17.3. The normalized spacial score (nSPS) is 12.1. The molecule has 3 rings (SSSR count). The molecule has 0 fully saturated rings. The number of carboxylic acids is 1. The van der Waals surface area contributed by atoms with Crippen molar-refractivity contribution in [3.63, 3.8) is 0 Å². The summed E-state index contributed by atoms with van der Waals surface area (Å²) in [5.74, 6) is -1.89. The maximum absolute atomic E-state index is 13.0. The number of hydrogen-bond donors (Lipinski definition) is 2. The van der Waals surface area contributed by atoms with Gasteiger partial charge in [-0.2, -0.15) is 13.2 Å². The van der Waals surface area contributed by atoms with Crippen molar-refractivity contribution in [1.29, 1.82) is 0 Å². The summed E-state index contributed by atoms with van der Waals surface area (Å²) in [6.45, 7) is 2.68. The molecule has 2 aromatic carbocycles. The van der Waals surface area contributed by atoms with Crippen molar-refractivity contribution in [3.05, 3.63) is 76.1 Å². The van der Waals surface area contributed by atoms with Crippen molar-refractivity contribution in [3.8, 4) is 0 Å². The predicted molar refractivity (Wildman–Crippen MR) is 110 cm³/mol. The van der Waals surface area contributed by atoms with Crippen LogP contribution in [0.5, 0.6) is 0 Å². The minimum Gasteiger partial charge on any atom is -0.480 e.